The maximum Gasteiger partial charge on any atom is 0.0869 e. The van der Waals surface area contributed by atoms with E-state index in [1.165, 1.54) is 0 Å². The van der Waals surface area contributed by atoms with E-state index in [2.05, 4.69) is 22.0 Å². The summed E-state index contributed by atoms with van der Waals surface area (Å²) in [6.45, 7) is 2.70. The minimum absolute atomic E-state index is 0.160. The van der Waals surface area contributed by atoms with E-state index in [0.29, 0.717) is 6.61 Å². The summed E-state index contributed by atoms with van der Waals surface area (Å²) >= 11 is 3.46. The van der Waals surface area contributed by atoms with Gasteiger partial charge >= 0.3 is 0 Å². The van der Waals surface area contributed by atoms with Crippen molar-refractivity contribution in [3.8, 4) is 6.07 Å². The second kappa shape index (κ2) is 4.57. The summed E-state index contributed by atoms with van der Waals surface area (Å²) in [4.78, 5) is 0. The molecule has 84 valence electrons. The van der Waals surface area contributed by atoms with Gasteiger partial charge in [0.15, 0.2) is 0 Å². The fraction of sp³-hybridized carbons (Fsp3) is 0.462. The Morgan fingerprint density at radius 2 is 2.38 bits per heavy atom. The van der Waals surface area contributed by atoms with Crippen LogP contribution in [-0.2, 0) is 10.2 Å². The molecule has 1 saturated heterocycles. The first kappa shape index (κ1) is 11.6. The van der Waals surface area contributed by atoms with E-state index in [0.717, 1.165) is 22.9 Å². The fourth-order valence-corrected chi connectivity index (χ4v) is 2.70. The minimum atomic E-state index is -0.374. The van der Waals surface area contributed by atoms with E-state index >= 15 is 0 Å². The molecule has 1 aliphatic rings. The number of hydrogen-bond acceptors (Lipinski definition) is 2. The smallest absolute Gasteiger partial charge is 0.0869 e. The second-order valence-corrected chi connectivity index (χ2v) is 5.26. The van der Waals surface area contributed by atoms with Gasteiger partial charge < -0.3 is 4.74 Å². The molecule has 0 unspecified atom stereocenters. The Bertz CT molecular complexity index is 426. The van der Waals surface area contributed by atoms with Crippen LogP contribution in [0.4, 0.5) is 0 Å². The molecule has 0 saturated carbocycles. The van der Waals surface area contributed by atoms with Crippen LogP contribution in [0.15, 0.2) is 28.7 Å². The van der Waals surface area contributed by atoms with Crippen molar-refractivity contribution in [1.29, 1.82) is 5.26 Å². The molecule has 0 radical (unpaired) electrons. The van der Waals surface area contributed by atoms with Gasteiger partial charge in [0.25, 0.3) is 0 Å². The normalized spacial score (nSPS) is 29.7. The van der Waals surface area contributed by atoms with Gasteiger partial charge in [-0.1, -0.05) is 28.1 Å². The molecular formula is C13H14BrNO. The van der Waals surface area contributed by atoms with Crippen molar-refractivity contribution in [2.24, 2.45) is 0 Å². The molecule has 0 aromatic heterocycles. The van der Waals surface area contributed by atoms with Crippen LogP contribution in [0.2, 0.25) is 0 Å². The van der Waals surface area contributed by atoms with E-state index in [1.54, 1.807) is 0 Å². The van der Waals surface area contributed by atoms with Gasteiger partial charge in [0.1, 0.15) is 0 Å². The van der Waals surface area contributed by atoms with Crippen LogP contribution in [0, 0.1) is 11.3 Å². The number of hydrogen-bond donors (Lipinski definition) is 0. The van der Waals surface area contributed by atoms with Crippen LogP contribution in [0.1, 0.15) is 25.3 Å². The second-order valence-electron chi connectivity index (χ2n) is 4.34. The van der Waals surface area contributed by atoms with E-state index in [4.69, 9.17) is 4.74 Å². The predicted octanol–water partition coefficient (Wildman–Crippen LogP) is 3.41. The summed E-state index contributed by atoms with van der Waals surface area (Å²) in [6, 6.07) is 10.5. The van der Waals surface area contributed by atoms with Crippen molar-refractivity contribution >= 4 is 15.9 Å². The molecule has 3 heteroatoms. The molecule has 2 rings (SSSR count). The lowest BCUT2D eigenvalue weighted by atomic mass is 9.74. The summed E-state index contributed by atoms with van der Waals surface area (Å²) in [5.41, 5.74) is 0.723. The first-order valence-corrected chi connectivity index (χ1v) is 6.24. The number of halogens is 1. The Kier molecular flexibility index (Phi) is 3.32. The van der Waals surface area contributed by atoms with E-state index in [-0.39, 0.29) is 11.5 Å². The van der Waals surface area contributed by atoms with Gasteiger partial charge in [-0.2, -0.15) is 5.26 Å². The first-order chi connectivity index (χ1) is 7.66. The average Bonchev–Trinajstić information content (AvgIpc) is 2.29. The summed E-state index contributed by atoms with van der Waals surface area (Å²) in [5.74, 6) is 0. The summed E-state index contributed by atoms with van der Waals surface area (Å²) in [7, 11) is 0. The zero-order valence-electron chi connectivity index (χ0n) is 9.24. The van der Waals surface area contributed by atoms with Gasteiger partial charge in [-0.3, -0.25) is 0 Å². The van der Waals surface area contributed by atoms with Crippen molar-refractivity contribution in [3.05, 3.63) is 34.3 Å². The Morgan fingerprint density at radius 3 is 3.00 bits per heavy atom. The number of nitriles is 1. The Labute approximate surface area is 104 Å². The standard InChI is InChI=1S/C13H14BrNO/c1-10-8-13(9-15,5-6-16-10)11-3-2-4-12(14)7-11/h2-4,7,10H,5-6,8H2,1H3/t10-,13-/m0/s1. The van der Waals surface area contributed by atoms with E-state index < -0.39 is 0 Å². The van der Waals surface area contributed by atoms with Crippen molar-refractivity contribution < 1.29 is 4.74 Å². The van der Waals surface area contributed by atoms with E-state index in [9.17, 15) is 5.26 Å². The molecule has 1 heterocycles. The van der Waals surface area contributed by atoms with Crippen LogP contribution in [0.3, 0.4) is 0 Å². The molecule has 0 spiro atoms. The molecule has 2 atom stereocenters. The largest absolute Gasteiger partial charge is 0.378 e. The highest BCUT2D eigenvalue weighted by molar-refractivity contribution is 9.10. The van der Waals surface area contributed by atoms with Gasteiger partial charge in [0.05, 0.1) is 17.6 Å². The SMILES string of the molecule is C[C@H]1C[C@@](C#N)(c2cccc(Br)c2)CCO1. The summed E-state index contributed by atoms with van der Waals surface area (Å²) < 4.78 is 6.55. The van der Waals surface area contributed by atoms with Gasteiger partial charge in [-0.05, 0) is 37.5 Å². The zero-order valence-corrected chi connectivity index (χ0v) is 10.8. The van der Waals surface area contributed by atoms with Crippen LogP contribution >= 0.6 is 15.9 Å². The van der Waals surface area contributed by atoms with Crippen LogP contribution in [-0.4, -0.2) is 12.7 Å². The molecule has 0 amide bonds. The highest BCUT2D eigenvalue weighted by atomic mass is 79.9. The molecule has 1 aromatic carbocycles. The number of nitrogens with zero attached hydrogens (tertiary/aromatic N) is 1. The lowest BCUT2D eigenvalue weighted by Gasteiger charge is -2.34. The van der Waals surface area contributed by atoms with Gasteiger partial charge in [-0.15, -0.1) is 0 Å². The third-order valence-electron chi connectivity index (χ3n) is 3.16. The van der Waals surface area contributed by atoms with Gasteiger partial charge in [0.2, 0.25) is 0 Å². The predicted molar refractivity (Wildman–Crippen MR) is 66.1 cm³/mol. The molecule has 1 aromatic rings. The number of rotatable bonds is 1. The van der Waals surface area contributed by atoms with Crippen molar-refractivity contribution in [2.45, 2.75) is 31.3 Å². The third kappa shape index (κ3) is 2.14. The number of benzene rings is 1. The Morgan fingerprint density at radius 1 is 1.56 bits per heavy atom. The lowest BCUT2D eigenvalue weighted by Crippen LogP contribution is -2.36. The fourth-order valence-electron chi connectivity index (χ4n) is 2.30. The summed E-state index contributed by atoms with van der Waals surface area (Å²) in [5, 5.41) is 9.48. The van der Waals surface area contributed by atoms with Crippen molar-refractivity contribution in [3.63, 3.8) is 0 Å². The van der Waals surface area contributed by atoms with Gasteiger partial charge in [0, 0.05) is 11.1 Å². The monoisotopic (exact) mass is 279 g/mol. The number of ether oxygens (including phenoxy) is 1. The van der Waals surface area contributed by atoms with Crippen LogP contribution in [0.25, 0.3) is 0 Å². The molecule has 2 nitrogen and oxygen atoms in total. The maximum atomic E-state index is 9.48. The highest BCUT2D eigenvalue weighted by Gasteiger charge is 2.37. The molecule has 16 heavy (non-hydrogen) atoms. The van der Waals surface area contributed by atoms with Crippen molar-refractivity contribution in [1.82, 2.24) is 0 Å². The Hall–Kier alpha value is -0.850. The van der Waals surface area contributed by atoms with Crippen molar-refractivity contribution in [2.75, 3.05) is 6.61 Å². The first-order valence-electron chi connectivity index (χ1n) is 5.45. The van der Waals surface area contributed by atoms with Gasteiger partial charge in [-0.25, -0.2) is 0 Å². The maximum absolute atomic E-state index is 9.48. The zero-order chi connectivity index (χ0) is 11.6. The highest BCUT2D eigenvalue weighted by Crippen LogP contribution is 2.37. The molecular weight excluding hydrogens is 266 g/mol. The third-order valence-corrected chi connectivity index (χ3v) is 3.65. The molecule has 1 aliphatic heterocycles. The quantitative estimate of drug-likeness (QED) is 0.789. The molecule has 1 fully saturated rings. The van der Waals surface area contributed by atoms with Crippen LogP contribution in [0.5, 0.6) is 0 Å². The minimum Gasteiger partial charge on any atom is -0.378 e. The average molecular weight is 280 g/mol. The molecule has 0 N–H and O–H groups in total. The Balaban J connectivity index is 2.38. The summed E-state index contributed by atoms with van der Waals surface area (Å²) in [6.07, 6.45) is 1.72. The van der Waals surface area contributed by atoms with Crippen LogP contribution < -0.4 is 0 Å². The topological polar surface area (TPSA) is 33.0 Å². The molecule has 0 aliphatic carbocycles. The lowest BCUT2D eigenvalue weighted by molar-refractivity contribution is 0.00352. The van der Waals surface area contributed by atoms with E-state index in [1.807, 2.05) is 31.2 Å². The molecule has 0 bridgehead atoms.